The molecule has 2 aromatic rings. The molecule has 6 heteroatoms. The third kappa shape index (κ3) is 3.42. The molecule has 0 saturated carbocycles. The Morgan fingerprint density at radius 1 is 1.38 bits per heavy atom. The maximum atomic E-state index is 8.85. The van der Waals surface area contributed by atoms with E-state index in [0.717, 1.165) is 11.3 Å². The monoisotopic (exact) mass is 286 g/mol. The van der Waals surface area contributed by atoms with Crippen LogP contribution in [0.1, 0.15) is 11.1 Å². The van der Waals surface area contributed by atoms with E-state index in [4.69, 9.17) is 15.7 Å². The Bertz CT molecular complexity index is 643. The summed E-state index contributed by atoms with van der Waals surface area (Å²) in [5.41, 5.74) is 7.35. The van der Waals surface area contributed by atoms with E-state index in [2.05, 4.69) is 10.1 Å². The standard InChI is InChI=1S/C15H18N4O2/c1-19(10-11-5-3-6-12(9-11)21-2)15-13(14(16)18-20)7-4-8-17-15/h3-9,20H,10H2,1-2H3,(H2,16,18). The first kappa shape index (κ1) is 14.6. The Balaban J connectivity index is 2.26. The van der Waals surface area contributed by atoms with Crippen LogP contribution in [0.3, 0.4) is 0 Å². The van der Waals surface area contributed by atoms with Crippen LogP contribution in [0.2, 0.25) is 0 Å². The number of aromatic nitrogens is 1. The molecule has 0 aliphatic rings. The molecule has 2 rings (SSSR count). The van der Waals surface area contributed by atoms with E-state index in [1.54, 1.807) is 25.4 Å². The zero-order chi connectivity index (χ0) is 15.2. The molecule has 0 atom stereocenters. The molecule has 0 aliphatic carbocycles. The van der Waals surface area contributed by atoms with Crippen LogP contribution >= 0.6 is 0 Å². The molecule has 0 fully saturated rings. The van der Waals surface area contributed by atoms with Crippen molar-refractivity contribution in [2.75, 3.05) is 19.1 Å². The van der Waals surface area contributed by atoms with E-state index in [1.165, 1.54) is 0 Å². The fraction of sp³-hybridized carbons (Fsp3) is 0.200. The summed E-state index contributed by atoms with van der Waals surface area (Å²) in [6.07, 6.45) is 1.67. The molecule has 0 unspecified atom stereocenters. The van der Waals surface area contributed by atoms with Crippen molar-refractivity contribution >= 4 is 11.7 Å². The van der Waals surface area contributed by atoms with Gasteiger partial charge in [0.15, 0.2) is 5.84 Å². The number of rotatable bonds is 5. The van der Waals surface area contributed by atoms with Crippen LogP contribution in [0.15, 0.2) is 47.8 Å². The highest BCUT2D eigenvalue weighted by Crippen LogP contribution is 2.20. The van der Waals surface area contributed by atoms with Crippen molar-refractivity contribution in [1.29, 1.82) is 0 Å². The molecule has 0 aliphatic heterocycles. The van der Waals surface area contributed by atoms with Gasteiger partial charge < -0.3 is 20.6 Å². The van der Waals surface area contributed by atoms with E-state index in [0.29, 0.717) is 17.9 Å². The number of oxime groups is 1. The summed E-state index contributed by atoms with van der Waals surface area (Å²) in [5, 5.41) is 11.9. The van der Waals surface area contributed by atoms with Gasteiger partial charge in [-0.15, -0.1) is 0 Å². The second-order valence-electron chi connectivity index (χ2n) is 4.57. The fourth-order valence-electron chi connectivity index (χ4n) is 2.07. The van der Waals surface area contributed by atoms with Crippen LogP contribution in [0.25, 0.3) is 0 Å². The lowest BCUT2D eigenvalue weighted by molar-refractivity contribution is 0.318. The fourth-order valence-corrected chi connectivity index (χ4v) is 2.07. The molecule has 0 amide bonds. The number of nitrogens with zero attached hydrogens (tertiary/aromatic N) is 3. The zero-order valence-corrected chi connectivity index (χ0v) is 12.0. The smallest absolute Gasteiger partial charge is 0.173 e. The predicted octanol–water partition coefficient (Wildman–Crippen LogP) is 1.82. The summed E-state index contributed by atoms with van der Waals surface area (Å²) in [5.74, 6) is 1.49. The minimum Gasteiger partial charge on any atom is -0.497 e. The van der Waals surface area contributed by atoms with E-state index in [9.17, 15) is 0 Å². The molecular formula is C15H18N4O2. The molecule has 0 spiro atoms. The Morgan fingerprint density at radius 3 is 2.90 bits per heavy atom. The van der Waals surface area contributed by atoms with Gasteiger partial charge >= 0.3 is 0 Å². The number of pyridine rings is 1. The maximum Gasteiger partial charge on any atom is 0.173 e. The lowest BCUT2D eigenvalue weighted by Gasteiger charge is -2.21. The predicted molar refractivity (Wildman–Crippen MR) is 81.8 cm³/mol. The zero-order valence-electron chi connectivity index (χ0n) is 12.0. The van der Waals surface area contributed by atoms with E-state index >= 15 is 0 Å². The van der Waals surface area contributed by atoms with Crippen molar-refractivity contribution in [3.05, 3.63) is 53.7 Å². The number of amidine groups is 1. The van der Waals surface area contributed by atoms with Gasteiger partial charge in [0.2, 0.25) is 0 Å². The number of benzene rings is 1. The van der Waals surface area contributed by atoms with Crippen molar-refractivity contribution in [2.45, 2.75) is 6.54 Å². The summed E-state index contributed by atoms with van der Waals surface area (Å²) in [7, 11) is 3.54. The SMILES string of the molecule is COc1cccc(CN(C)c2ncccc2/C(N)=N/O)c1. The highest BCUT2D eigenvalue weighted by molar-refractivity contribution is 6.01. The Morgan fingerprint density at radius 2 is 2.19 bits per heavy atom. The Hall–Kier alpha value is -2.76. The van der Waals surface area contributed by atoms with Gasteiger partial charge in [-0.2, -0.15) is 0 Å². The molecule has 0 radical (unpaired) electrons. The van der Waals surface area contributed by atoms with Gasteiger partial charge in [-0.25, -0.2) is 4.98 Å². The quantitative estimate of drug-likeness (QED) is 0.379. The number of hydrogen-bond donors (Lipinski definition) is 2. The van der Waals surface area contributed by atoms with Gasteiger partial charge in [0.1, 0.15) is 11.6 Å². The van der Waals surface area contributed by atoms with Crippen molar-refractivity contribution in [3.8, 4) is 5.75 Å². The number of hydrogen-bond acceptors (Lipinski definition) is 5. The molecule has 0 bridgehead atoms. The molecule has 6 nitrogen and oxygen atoms in total. The summed E-state index contributed by atoms with van der Waals surface area (Å²) >= 11 is 0. The lowest BCUT2D eigenvalue weighted by atomic mass is 10.2. The van der Waals surface area contributed by atoms with Crippen molar-refractivity contribution < 1.29 is 9.94 Å². The number of methoxy groups -OCH3 is 1. The van der Waals surface area contributed by atoms with E-state index in [-0.39, 0.29) is 5.84 Å². The van der Waals surface area contributed by atoms with Crippen molar-refractivity contribution in [3.63, 3.8) is 0 Å². The summed E-state index contributed by atoms with van der Waals surface area (Å²) in [6, 6.07) is 11.3. The van der Waals surface area contributed by atoms with Gasteiger partial charge in [-0.1, -0.05) is 17.3 Å². The summed E-state index contributed by atoms with van der Waals surface area (Å²) < 4.78 is 5.22. The van der Waals surface area contributed by atoms with Crippen LogP contribution in [0.4, 0.5) is 5.82 Å². The number of ether oxygens (including phenoxy) is 1. The normalized spacial score (nSPS) is 11.2. The first-order valence-electron chi connectivity index (χ1n) is 6.42. The highest BCUT2D eigenvalue weighted by atomic mass is 16.5. The molecule has 1 heterocycles. The molecular weight excluding hydrogens is 268 g/mol. The third-order valence-electron chi connectivity index (χ3n) is 3.09. The third-order valence-corrected chi connectivity index (χ3v) is 3.09. The van der Waals surface area contributed by atoms with Crippen LogP contribution < -0.4 is 15.4 Å². The van der Waals surface area contributed by atoms with Gasteiger partial charge in [-0.3, -0.25) is 0 Å². The van der Waals surface area contributed by atoms with Crippen LogP contribution in [-0.2, 0) is 6.54 Å². The molecule has 3 N–H and O–H groups in total. The first-order valence-corrected chi connectivity index (χ1v) is 6.42. The topological polar surface area (TPSA) is 84.0 Å². The highest BCUT2D eigenvalue weighted by Gasteiger charge is 2.12. The summed E-state index contributed by atoms with van der Waals surface area (Å²) in [6.45, 7) is 0.625. The van der Waals surface area contributed by atoms with Gasteiger partial charge in [0.25, 0.3) is 0 Å². The average molecular weight is 286 g/mol. The van der Waals surface area contributed by atoms with E-state index in [1.807, 2.05) is 36.2 Å². The van der Waals surface area contributed by atoms with Gasteiger partial charge in [0, 0.05) is 19.8 Å². The molecule has 1 aromatic heterocycles. The number of anilines is 1. The second-order valence-corrected chi connectivity index (χ2v) is 4.57. The Kier molecular flexibility index (Phi) is 4.61. The Labute approximate surface area is 123 Å². The molecule has 0 saturated heterocycles. The van der Waals surface area contributed by atoms with Crippen molar-refractivity contribution in [1.82, 2.24) is 4.98 Å². The van der Waals surface area contributed by atoms with Crippen molar-refractivity contribution in [2.24, 2.45) is 10.9 Å². The van der Waals surface area contributed by atoms with Gasteiger partial charge in [-0.05, 0) is 29.8 Å². The largest absolute Gasteiger partial charge is 0.497 e. The molecule has 21 heavy (non-hydrogen) atoms. The lowest BCUT2D eigenvalue weighted by Crippen LogP contribution is -2.23. The minimum atomic E-state index is 0.0376. The second kappa shape index (κ2) is 6.60. The van der Waals surface area contributed by atoms with Gasteiger partial charge in [0.05, 0.1) is 12.7 Å². The van der Waals surface area contributed by atoms with Crippen LogP contribution in [0, 0.1) is 0 Å². The number of nitrogens with two attached hydrogens (primary N) is 1. The van der Waals surface area contributed by atoms with Crippen LogP contribution in [-0.4, -0.2) is 30.2 Å². The maximum absolute atomic E-state index is 8.85. The first-order chi connectivity index (χ1) is 10.2. The summed E-state index contributed by atoms with van der Waals surface area (Å²) in [4.78, 5) is 6.24. The van der Waals surface area contributed by atoms with E-state index < -0.39 is 0 Å². The molecule has 1 aromatic carbocycles. The molecule has 110 valence electrons. The van der Waals surface area contributed by atoms with Crippen LogP contribution in [0.5, 0.6) is 5.75 Å². The minimum absolute atomic E-state index is 0.0376. The average Bonchev–Trinajstić information content (AvgIpc) is 2.54.